The lowest BCUT2D eigenvalue weighted by Crippen LogP contribution is -2.24. The van der Waals surface area contributed by atoms with E-state index in [0.29, 0.717) is 10.2 Å². The van der Waals surface area contributed by atoms with Crippen LogP contribution in [0, 0.1) is 27.7 Å². The summed E-state index contributed by atoms with van der Waals surface area (Å²) in [5.41, 5.74) is 14.1. The lowest BCUT2D eigenvalue weighted by atomic mass is 10.1. The first kappa shape index (κ1) is 25.0. The van der Waals surface area contributed by atoms with Crippen molar-refractivity contribution in [1.82, 2.24) is 10.9 Å². The van der Waals surface area contributed by atoms with Gasteiger partial charge in [-0.1, -0.05) is 60.7 Å². The largest absolute Gasteiger partial charge is 0.331 e. The van der Waals surface area contributed by atoms with Gasteiger partial charge < -0.3 is 10.6 Å². The van der Waals surface area contributed by atoms with E-state index in [4.69, 9.17) is 24.4 Å². The molecule has 0 bridgehead atoms. The Kier molecular flexibility index (Phi) is 8.84. The fraction of sp³-hybridized carbons (Fsp3) is 0.154. The Morgan fingerprint density at radius 3 is 1.24 bits per heavy atom. The highest BCUT2D eigenvalue weighted by molar-refractivity contribution is 7.80. The number of aryl methyl sites for hydroxylation is 4. The van der Waals surface area contributed by atoms with Crippen LogP contribution in [-0.2, 0) is 0 Å². The smallest absolute Gasteiger partial charge is 0.191 e. The second-order valence-electron chi connectivity index (χ2n) is 7.85. The van der Waals surface area contributed by atoms with E-state index in [0.717, 1.165) is 44.8 Å². The highest BCUT2D eigenvalue weighted by atomic mass is 32.1. The number of rotatable bonds is 6. The zero-order valence-electron chi connectivity index (χ0n) is 19.6. The molecule has 8 heteroatoms. The van der Waals surface area contributed by atoms with Gasteiger partial charge in [-0.05, 0) is 85.5 Å². The van der Waals surface area contributed by atoms with E-state index < -0.39 is 0 Å². The molecule has 0 amide bonds. The summed E-state index contributed by atoms with van der Waals surface area (Å²) in [4.78, 5) is 0. The Balaban J connectivity index is 1.48. The summed E-state index contributed by atoms with van der Waals surface area (Å²) in [6.45, 7) is 8.15. The number of hydrogen-bond acceptors (Lipinski definition) is 4. The normalized spacial score (nSPS) is 10.9. The molecular formula is C26H28N6S2. The van der Waals surface area contributed by atoms with E-state index in [-0.39, 0.29) is 0 Å². The fourth-order valence-corrected chi connectivity index (χ4v) is 3.61. The highest BCUT2D eigenvalue weighted by Gasteiger charge is 2.04. The van der Waals surface area contributed by atoms with Crippen molar-refractivity contribution in [3.63, 3.8) is 0 Å². The van der Waals surface area contributed by atoms with Crippen LogP contribution in [0.3, 0.4) is 0 Å². The molecule has 0 saturated carbocycles. The molecule has 3 aromatic carbocycles. The SMILES string of the molecule is Cc1cccc(C)c1NC(=S)N/N=C\c1ccc(/C=N\NC(=S)Nc2c(C)cccc2C)cc1. The van der Waals surface area contributed by atoms with Crippen LogP contribution in [0.15, 0.2) is 70.9 Å². The zero-order valence-corrected chi connectivity index (χ0v) is 21.3. The van der Waals surface area contributed by atoms with Gasteiger partial charge in [-0.25, -0.2) is 0 Å². The molecule has 0 radical (unpaired) electrons. The molecule has 0 fully saturated rings. The molecule has 4 N–H and O–H groups in total. The maximum absolute atomic E-state index is 5.34. The van der Waals surface area contributed by atoms with E-state index in [2.05, 4.69) is 31.7 Å². The number of nitrogens with zero attached hydrogens (tertiary/aromatic N) is 2. The molecule has 0 aliphatic heterocycles. The van der Waals surface area contributed by atoms with Crippen molar-refractivity contribution in [2.75, 3.05) is 10.6 Å². The van der Waals surface area contributed by atoms with Gasteiger partial charge in [-0.2, -0.15) is 10.2 Å². The standard InChI is InChI=1S/C26H28N6S2/c1-17-7-5-8-18(2)23(17)29-25(33)31-27-15-21-11-13-22(14-12-21)16-28-32-26(34)30-24-19(3)9-6-10-20(24)4/h5-16H,1-4H3,(H2,29,31,33)(H2,30,32,34)/b27-15-,28-16-. The summed E-state index contributed by atoms with van der Waals surface area (Å²) in [6, 6.07) is 20.0. The third kappa shape index (κ3) is 7.19. The van der Waals surface area contributed by atoms with Crippen molar-refractivity contribution in [1.29, 1.82) is 0 Å². The first-order chi connectivity index (χ1) is 16.3. The number of hydrazone groups is 2. The van der Waals surface area contributed by atoms with Gasteiger partial charge >= 0.3 is 0 Å². The number of anilines is 2. The van der Waals surface area contributed by atoms with E-state index in [1.54, 1.807) is 12.4 Å². The third-order valence-corrected chi connectivity index (χ3v) is 5.52. The number of nitrogens with one attached hydrogen (secondary N) is 4. The van der Waals surface area contributed by atoms with Crippen molar-refractivity contribution >= 4 is 58.5 Å². The Labute approximate surface area is 211 Å². The molecule has 3 rings (SSSR count). The number of benzene rings is 3. The predicted molar refractivity (Wildman–Crippen MR) is 152 cm³/mol. The Morgan fingerprint density at radius 1 is 0.588 bits per heavy atom. The molecule has 34 heavy (non-hydrogen) atoms. The lowest BCUT2D eigenvalue weighted by Gasteiger charge is -2.12. The molecule has 0 saturated heterocycles. The molecule has 0 aromatic heterocycles. The molecule has 3 aromatic rings. The van der Waals surface area contributed by atoms with Crippen molar-refractivity contribution in [3.8, 4) is 0 Å². The monoisotopic (exact) mass is 488 g/mol. The van der Waals surface area contributed by atoms with Crippen molar-refractivity contribution in [2.24, 2.45) is 10.2 Å². The number of para-hydroxylation sites is 2. The molecule has 0 atom stereocenters. The Morgan fingerprint density at radius 2 is 0.912 bits per heavy atom. The summed E-state index contributed by atoms with van der Waals surface area (Å²) in [7, 11) is 0. The van der Waals surface area contributed by atoms with E-state index >= 15 is 0 Å². The molecule has 174 valence electrons. The Hall–Kier alpha value is -3.62. The van der Waals surface area contributed by atoms with Gasteiger partial charge in [0, 0.05) is 11.4 Å². The highest BCUT2D eigenvalue weighted by Crippen LogP contribution is 2.20. The summed E-state index contributed by atoms with van der Waals surface area (Å²) in [5.74, 6) is 0. The van der Waals surface area contributed by atoms with Gasteiger partial charge in [-0.3, -0.25) is 10.9 Å². The molecule has 0 heterocycles. The molecule has 0 unspecified atom stereocenters. The van der Waals surface area contributed by atoms with Crippen molar-refractivity contribution < 1.29 is 0 Å². The van der Waals surface area contributed by atoms with E-state index in [1.807, 2.05) is 88.4 Å². The van der Waals surface area contributed by atoms with Crippen LogP contribution in [-0.4, -0.2) is 22.7 Å². The lowest BCUT2D eigenvalue weighted by molar-refractivity contribution is 1.05. The van der Waals surface area contributed by atoms with Crippen LogP contribution in [0.25, 0.3) is 0 Å². The van der Waals surface area contributed by atoms with Gasteiger partial charge in [0.15, 0.2) is 10.2 Å². The second kappa shape index (κ2) is 12.0. The minimum Gasteiger partial charge on any atom is -0.331 e. The summed E-state index contributed by atoms with van der Waals surface area (Å²) >= 11 is 10.7. The van der Waals surface area contributed by atoms with E-state index in [9.17, 15) is 0 Å². The summed E-state index contributed by atoms with van der Waals surface area (Å²) in [6.07, 6.45) is 3.42. The fourth-order valence-electron chi connectivity index (χ4n) is 3.31. The maximum Gasteiger partial charge on any atom is 0.191 e. The first-order valence-electron chi connectivity index (χ1n) is 10.8. The maximum atomic E-state index is 5.34. The average Bonchev–Trinajstić information content (AvgIpc) is 2.80. The van der Waals surface area contributed by atoms with Crippen LogP contribution in [0.1, 0.15) is 33.4 Å². The minimum atomic E-state index is 0.439. The van der Waals surface area contributed by atoms with Gasteiger partial charge in [0.1, 0.15) is 0 Å². The first-order valence-corrected chi connectivity index (χ1v) is 11.6. The quantitative estimate of drug-likeness (QED) is 0.207. The summed E-state index contributed by atoms with van der Waals surface area (Å²) < 4.78 is 0. The number of thiocarbonyl (C=S) groups is 2. The predicted octanol–water partition coefficient (Wildman–Crippen LogP) is 5.56. The third-order valence-electron chi connectivity index (χ3n) is 5.14. The molecule has 6 nitrogen and oxygen atoms in total. The van der Waals surface area contributed by atoms with Gasteiger partial charge in [0.25, 0.3) is 0 Å². The molecule has 0 aliphatic carbocycles. The topological polar surface area (TPSA) is 72.8 Å². The second-order valence-corrected chi connectivity index (χ2v) is 8.67. The Bertz CT molecular complexity index is 1100. The zero-order chi connectivity index (χ0) is 24.5. The van der Waals surface area contributed by atoms with Gasteiger partial charge in [-0.15, -0.1) is 0 Å². The van der Waals surface area contributed by atoms with Crippen molar-refractivity contribution in [2.45, 2.75) is 27.7 Å². The number of hydrogen-bond donors (Lipinski definition) is 4. The summed E-state index contributed by atoms with van der Waals surface area (Å²) in [5, 5.41) is 15.7. The van der Waals surface area contributed by atoms with Crippen LogP contribution < -0.4 is 21.5 Å². The van der Waals surface area contributed by atoms with Gasteiger partial charge in [0.05, 0.1) is 12.4 Å². The van der Waals surface area contributed by atoms with Crippen LogP contribution in [0.5, 0.6) is 0 Å². The van der Waals surface area contributed by atoms with Gasteiger partial charge in [0.2, 0.25) is 0 Å². The van der Waals surface area contributed by atoms with Crippen LogP contribution in [0.2, 0.25) is 0 Å². The van der Waals surface area contributed by atoms with Crippen LogP contribution >= 0.6 is 24.4 Å². The van der Waals surface area contributed by atoms with E-state index in [1.165, 1.54) is 0 Å². The minimum absolute atomic E-state index is 0.439. The van der Waals surface area contributed by atoms with Crippen molar-refractivity contribution in [3.05, 3.63) is 94.0 Å². The van der Waals surface area contributed by atoms with Crippen LogP contribution in [0.4, 0.5) is 11.4 Å². The molecule has 0 aliphatic rings. The average molecular weight is 489 g/mol. The molecular weight excluding hydrogens is 460 g/mol. The molecule has 0 spiro atoms.